The summed E-state index contributed by atoms with van der Waals surface area (Å²) in [6, 6.07) is 0. The average molecular weight is 446 g/mol. The summed E-state index contributed by atoms with van der Waals surface area (Å²) < 4.78 is 59.8. The van der Waals surface area contributed by atoms with Gasteiger partial charge in [0, 0.05) is 45.0 Å². The topological polar surface area (TPSA) is 104 Å². The summed E-state index contributed by atoms with van der Waals surface area (Å²) in [5, 5.41) is 7.12. The molecule has 0 radical (unpaired) electrons. The second-order valence-electron chi connectivity index (χ2n) is 7.39. The molecule has 12 heteroatoms. The van der Waals surface area contributed by atoms with E-state index >= 15 is 0 Å². The maximum Gasteiger partial charge on any atom is 0.490 e. The van der Waals surface area contributed by atoms with Crippen LogP contribution in [-0.4, -0.2) is 98.8 Å². The minimum Gasteiger partial charge on any atom is -0.475 e. The number of alkyl halides is 3. The third-order valence-electron chi connectivity index (χ3n) is 5.23. The molecule has 2 aliphatic heterocycles. The molecule has 0 aromatic carbocycles. The fraction of sp³-hybridized carbons (Fsp3) is 0.882. The van der Waals surface area contributed by atoms with Crippen LogP contribution in [0.3, 0.4) is 0 Å². The second kappa shape index (κ2) is 10.6. The Labute approximate surface area is 168 Å². The first-order valence-corrected chi connectivity index (χ1v) is 11.4. The molecule has 1 N–H and O–H groups in total. The highest BCUT2D eigenvalue weighted by Gasteiger charge is 2.45. The summed E-state index contributed by atoms with van der Waals surface area (Å²) in [6.07, 6.45) is 0.542. The normalized spacial score (nSPS) is 23.6. The van der Waals surface area contributed by atoms with Crippen molar-refractivity contribution in [3.63, 3.8) is 0 Å². The van der Waals surface area contributed by atoms with Gasteiger partial charge < -0.3 is 19.6 Å². The Kier molecular flexibility index (Phi) is 9.35. The molecule has 1 atom stereocenters. The molecule has 2 fully saturated rings. The number of amides is 1. The number of likely N-dealkylation sites (tertiary alicyclic amines) is 2. The van der Waals surface area contributed by atoms with E-state index in [0.29, 0.717) is 13.0 Å². The Morgan fingerprint density at radius 2 is 1.83 bits per heavy atom. The maximum absolute atomic E-state index is 12.2. The molecule has 2 aliphatic rings. The van der Waals surface area contributed by atoms with Crippen molar-refractivity contribution in [2.24, 2.45) is 0 Å². The van der Waals surface area contributed by atoms with Gasteiger partial charge in [0.25, 0.3) is 0 Å². The predicted octanol–water partition coefficient (Wildman–Crippen LogP) is 1.16. The zero-order chi connectivity index (χ0) is 22.3. The number of carbonyl (C=O) groups excluding carboxylic acids is 1. The lowest BCUT2D eigenvalue weighted by molar-refractivity contribution is -0.192. The number of ether oxygens (including phenoxy) is 1. The molecule has 0 aromatic rings. The average Bonchev–Trinajstić information content (AvgIpc) is 2.76. The lowest BCUT2D eigenvalue weighted by Gasteiger charge is -2.38. The SMILES string of the molecule is COCCN1CCCC2(CCC(=O)N2CCS(C)(=O)=O)CC1.O=C(O)C(F)(F)F. The van der Waals surface area contributed by atoms with Gasteiger partial charge in [-0.2, -0.15) is 13.2 Å². The fourth-order valence-corrected chi connectivity index (χ4v) is 4.21. The largest absolute Gasteiger partial charge is 0.490 e. The minimum absolute atomic E-state index is 0.0634. The van der Waals surface area contributed by atoms with Crippen LogP contribution < -0.4 is 0 Å². The number of carbonyl (C=O) groups is 2. The summed E-state index contributed by atoms with van der Waals surface area (Å²) in [5.41, 5.74) is -0.121. The van der Waals surface area contributed by atoms with E-state index in [9.17, 15) is 26.4 Å². The number of methoxy groups -OCH3 is 1. The van der Waals surface area contributed by atoms with E-state index in [1.807, 2.05) is 4.90 Å². The third-order valence-corrected chi connectivity index (χ3v) is 6.15. The standard InChI is InChI=1S/C15H28N2O4S.C2HF3O2/c1-21-12-10-16-8-3-5-15(7-9-16)6-4-14(18)17(15)11-13-22(2,19)20;3-2(4,5)1(6)7/h3-13H2,1-2H3;(H,6,7). The quantitative estimate of drug-likeness (QED) is 0.653. The van der Waals surface area contributed by atoms with Crippen LogP contribution in [0.2, 0.25) is 0 Å². The van der Waals surface area contributed by atoms with Gasteiger partial charge in [0.2, 0.25) is 5.91 Å². The van der Waals surface area contributed by atoms with Crippen LogP contribution in [0, 0.1) is 0 Å². The number of sulfone groups is 1. The van der Waals surface area contributed by atoms with E-state index in [1.165, 1.54) is 6.26 Å². The summed E-state index contributed by atoms with van der Waals surface area (Å²) >= 11 is 0. The first-order valence-electron chi connectivity index (χ1n) is 9.30. The number of aliphatic carboxylic acids is 1. The zero-order valence-electron chi connectivity index (χ0n) is 16.7. The molecule has 1 spiro atoms. The molecule has 1 amide bonds. The number of hydrogen-bond acceptors (Lipinski definition) is 6. The molecule has 2 rings (SSSR count). The van der Waals surface area contributed by atoms with Gasteiger partial charge in [-0.05, 0) is 32.2 Å². The molecule has 0 aliphatic carbocycles. The Balaban J connectivity index is 0.000000516. The zero-order valence-corrected chi connectivity index (χ0v) is 17.5. The predicted molar refractivity (Wildman–Crippen MR) is 99.2 cm³/mol. The van der Waals surface area contributed by atoms with Gasteiger partial charge in [-0.1, -0.05) is 0 Å². The lowest BCUT2D eigenvalue weighted by Crippen LogP contribution is -2.48. The lowest BCUT2D eigenvalue weighted by atomic mass is 9.88. The van der Waals surface area contributed by atoms with Crippen molar-refractivity contribution < 1.29 is 41.0 Å². The molecule has 29 heavy (non-hydrogen) atoms. The molecule has 0 aromatic heterocycles. The third kappa shape index (κ3) is 8.47. The Morgan fingerprint density at radius 3 is 2.34 bits per heavy atom. The molecule has 1 unspecified atom stereocenters. The van der Waals surface area contributed by atoms with E-state index in [-0.39, 0.29) is 17.2 Å². The first kappa shape index (κ1) is 25.6. The van der Waals surface area contributed by atoms with Gasteiger partial charge in [-0.3, -0.25) is 4.79 Å². The van der Waals surface area contributed by atoms with Crippen LogP contribution in [-0.2, 0) is 24.2 Å². The monoisotopic (exact) mass is 446 g/mol. The second-order valence-corrected chi connectivity index (χ2v) is 9.65. The summed E-state index contributed by atoms with van der Waals surface area (Å²) in [6.45, 7) is 3.97. The Bertz CT molecular complexity index is 671. The molecular formula is C17H29F3N2O6S. The molecule has 0 bridgehead atoms. The van der Waals surface area contributed by atoms with E-state index in [1.54, 1.807) is 7.11 Å². The summed E-state index contributed by atoms with van der Waals surface area (Å²) in [5.74, 6) is -2.57. The number of hydrogen-bond donors (Lipinski definition) is 1. The van der Waals surface area contributed by atoms with Crippen LogP contribution in [0.15, 0.2) is 0 Å². The van der Waals surface area contributed by atoms with Crippen molar-refractivity contribution >= 4 is 21.7 Å². The van der Waals surface area contributed by atoms with Gasteiger partial charge in [-0.15, -0.1) is 0 Å². The van der Waals surface area contributed by atoms with Crippen LogP contribution in [0.1, 0.15) is 32.1 Å². The van der Waals surface area contributed by atoms with E-state index in [0.717, 1.165) is 51.9 Å². The number of nitrogens with zero attached hydrogens (tertiary/aromatic N) is 2. The molecular weight excluding hydrogens is 417 g/mol. The Hall–Kier alpha value is -1.40. The number of carboxylic acids is 1. The van der Waals surface area contributed by atoms with Gasteiger partial charge in [-0.25, -0.2) is 13.2 Å². The molecule has 0 saturated carbocycles. The van der Waals surface area contributed by atoms with Crippen molar-refractivity contribution in [2.45, 2.75) is 43.8 Å². The highest BCUT2D eigenvalue weighted by molar-refractivity contribution is 7.90. The van der Waals surface area contributed by atoms with Gasteiger partial charge >= 0.3 is 12.1 Å². The van der Waals surface area contributed by atoms with Crippen molar-refractivity contribution in [3.8, 4) is 0 Å². The summed E-state index contributed by atoms with van der Waals surface area (Å²) in [4.78, 5) is 25.4. The molecule has 170 valence electrons. The van der Waals surface area contributed by atoms with Gasteiger partial charge in [0.15, 0.2) is 0 Å². The van der Waals surface area contributed by atoms with Gasteiger partial charge in [0.1, 0.15) is 9.84 Å². The highest BCUT2D eigenvalue weighted by Crippen LogP contribution is 2.38. The minimum atomic E-state index is -5.08. The van der Waals surface area contributed by atoms with E-state index < -0.39 is 22.0 Å². The Morgan fingerprint density at radius 1 is 1.21 bits per heavy atom. The van der Waals surface area contributed by atoms with Crippen LogP contribution in [0.4, 0.5) is 13.2 Å². The van der Waals surface area contributed by atoms with E-state index in [2.05, 4.69) is 4.90 Å². The van der Waals surface area contributed by atoms with Gasteiger partial charge in [0.05, 0.1) is 12.4 Å². The summed E-state index contributed by atoms with van der Waals surface area (Å²) in [7, 11) is -1.33. The molecule has 2 heterocycles. The van der Waals surface area contributed by atoms with Crippen LogP contribution >= 0.6 is 0 Å². The van der Waals surface area contributed by atoms with Crippen molar-refractivity contribution in [1.29, 1.82) is 0 Å². The number of rotatable bonds is 6. The fourth-order valence-electron chi connectivity index (χ4n) is 3.69. The molecule has 2 saturated heterocycles. The van der Waals surface area contributed by atoms with Crippen molar-refractivity contribution in [1.82, 2.24) is 9.80 Å². The first-order chi connectivity index (χ1) is 13.3. The van der Waals surface area contributed by atoms with Crippen LogP contribution in [0.5, 0.6) is 0 Å². The molecule has 8 nitrogen and oxygen atoms in total. The number of halogens is 3. The maximum atomic E-state index is 12.2. The van der Waals surface area contributed by atoms with E-state index in [4.69, 9.17) is 14.6 Å². The smallest absolute Gasteiger partial charge is 0.475 e. The number of carboxylic acid groups (broad SMARTS) is 1. The van der Waals surface area contributed by atoms with Crippen molar-refractivity contribution in [3.05, 3.63) is 0 Å². The van der Waals surface area contributed by atoms with Crippen molar-refractivity contribution in [2.75, 3.05) is 51.9 Å². The van der Waals surface area contributed by atoms with Crippen LogP contribution in [0.25, 0.3) is 0 Å². The highest BCUT2D eigenvalue weighted by atomic mass is 32.2.